The summed E-state index contributed by atoms with van der Waals surface area (Å²) in [6.45, 7) is 1.97. The average molecular weight is 168 g/mol. The normalized spacial score (nSPS) is 10.7. The Morgan fingerprint density at radius 1 is 1.55 bits per heavy atom. The van der Waals surface area contributed by atoms with Crippen LogP contribution in [0.25, 0.3) is 11.2 Å². The highest BCUT2D eigenvalue weighted by atomic mass is 35.5. The summed E-state index contributed by atoms with van der Waals surface area (Å²) in [5.41, 5.74) is 2.70. The van der Waals surface area contributed by atoms with Gasteiger partial charge in [0.05, 0.1) is 11.8 Å². The first-order chi connectivity index (χ1) is 5.27. The minimum Gasteiger partial charge on any atom is -0.343 e. The molecule has 0 radical (unpaired) electrons. The van der Waals surface area contributed by atoms with E-state index in [1.165, 1.54) is 0 Å². The zero-order valence-corrected chi connectivity index (χ0v) is 6.68. The first-order valence-corrected chi connectivity index (χ1v) is 3.61. The van der Waals surface area contributed by atoms with E-state index in [9.17, 15) is 0 Å². The van der Waals surface area contributed by atoms with Gasteiger partial charge in [0.2, 0.25) is 0 Å². The number of fused-ring (bicyclic) bond motifs is 1. The van der Waals surface area contributed by atoms with Gasteiger partial charge in [-0.25, -0.2) is 9.97 Å². The van der Waals surface area contributed by atoms with Gasteiger partial charge in [-0.15, -0.1) is 0 Å². The summed E-state index contributed by atoms with van der Waals surface area (Å²) in [4.78, 5) is 11.0. The number of H-pyrrole nitrogens is 1. The highest BCUT2D eigenvalue weighted by molar-refractivity contribution is 6.29. The quantitative estimate of drug-likeness (QED) is 0.609. The molecule has 11 heavy (non-hydrogen) atoms. The fourth-order valence-corrected chi connectivity index (χ4v) is 1.29. The maximum absolute atomic E-state index is 5.72. The first kappa shape index (κ1) is 6.61. The topological polar surface area (TPSA) is 41.6 Å². The van der Waals surface area contributed by atoms with Crippen LogP contribution < -0.4 is 0 Å². The van der Waals surface area contributed by atoms with E-state index in [2.05, 4.69) is 15.0 Å². The summed E-state index contributed by atoms with van der Waals surface area (Å²) in [6.07, 6.45) is 1.61. The number of hydrogen-bond acceptors (Lipinski definition) is 2. The molecule has 0 aliphatic rings. The minimum absolute atomic E-state index is 0.488. The molecule has 0 spiro atoms. The van der Waals surface area contributed by atoms with E-state index in [1.54, 1.807) is 6.33 Å². The molecule has 0 aliphatic heterocycles. The van der Waals surface area contributed by atoms with Gasteiger partial charge in [-0.3, -0.25) is 0 Å². The van der Waals surface area contributed by atoms with E-state index in [4.69, 9.17) is 11.6 Å². The van der Waals surface area contributed by atoms with E-state index in [0.29, 0.717) is 10.8 Å². The summed E-state index contributed by atoms with van der Waals surface area (Å²) in [7, 11) is 0. The largest absolute Gasteiger partial charge is 0.343 e. The Morgan fingerprint density at radius 3 is 3.18 bits per heavy atom. The number of aromatic nitrogens is 3. The molecule has 0 atom stereocenters. The van der Waals surface area contributed by atoms with Crippen LogP contribution in [0.3, 0.4) is 0 Å². The number of hydrogen-bond donors (Lipinski definition) is 1. The Bertz CT molecular complexity index is 393. The monoisotopic (exact) mass is 167 g/mol. The Morgan fingerprint density at radius 2 is 2.36 bits per heavy atom. The predicted octanol–water partition coefficient (Wildman–Crippen LogP) is 1.92. The minimum atomic E-state index is 0.488. The molecule has 1 N–H and O–H groups in total. The van der Waals surface area contributed by atoms with Crippen LogP contribution in [0.1, 0.15) is 5.56 Å². The molecule has 2 heterocycles. The lowest BCUT2D eigenvalue weighted by Crippen LogP contribution is -1.81. The number of nitrogens with zero attached hydrogens (tertiary/aromatic N) is 2. The molecule has 2 aromatic rings. The number of nitrogens with one attached hydrogen (secondary N) is 1. The van der Waals surface area contributed by atoms with E-state index < -0.39 is 0 Å². The SMILES string of the molecule is Cc1cc(Cl)nc2nc[nH]c12. The summed E-state index contributed by atoms with van der Waals surface area (Å²) < 4.78 is 0. The Kier molecular flexibility index (Phi) is 1.32. The van der Waals surface area contributed by atoms with E-state index in [1.807, 2.05) is 13.0 Å². The van der Waals surface area contributed by atoms with Gasteiger partial charge in [-0.05, 0) is 18.6 Å². The molecule has 0 saturated carbocycles. The molecule has 3 nitrogen and oxygen atoms in total. The van der Waals surface area contributed by atoms with Gasteiger partial charge in [-0.2, -0.15) is 0 Å². The van der Waals surface area contributed by atoms with Gasteiger partial charge in [-0.1, -0.05) is 11.6 Å². The van der Waals surface area contributed by atoms with Crippen molar-refractivity contribution < 1.29 is 0 Å². The molecule has 4 heteroatoms. The van der Waals surface area contributed by atoms with Crippen LogP contribution in [0.5, 0.6) is 0 Å². The zero-order chi connectivity index (χ0) is 7.84. The number of pyridine rings is 1. The van der Waals surface area contributed by atoms with Crippen molar-refractivity contribution in [2.45, 2.75) is 6.92 Å². The number of halogens is 1. The van der Waals surface area contributed by atoms with Crippen molar-refractivity contribution >= 4 is 22.8 Å². The van der Waals surface area contributed by atoms with E-state index in [-0.39, 0.29) is 0 Å². The molecular weight excluding hydrogens is 162 g/mol. The predicted molar refractivity (Wildman–Crippen MR) is 43.6 cm³/mol. The summed E-state index contributed by atoms with van der Waals surface area (Å²) in [5, 5.41) is 0.488. The number of aryl methyl sites for hydroxylation is 1. The van der Waals surface area contributed by atoms with Crippen LogP contribution in [0.15, 0.2) is 12.4 Å². The zero-order valence-electron chi connectivity index (χ0n) is 5.93. The summed E-state index contributed by atoms with van der Waals surface area (Å²) in [6, 6.07) is 1.81. The van der Waals surface area contributed by atoms with Crippen molar-refractivity contribution in [1.82, 2.24) is 15.0 Å². The highest BCUT2D eigenvalue weighted by Gasteiger charge is 2.01. The molecule has 0 amide bonds. The lowest BCUT2D eigenvalue weighted by molar-refractivity contribution is 1.30. The standard InChI is InChI=1S/C7H6ClN3/c1-4-2-5(8)11-7-6(4)9-3-10-7/h2-3H,1H3,(H,9,10,11). The van der Waals surface area contributed by atoms with Gasteiger partial charge < -0.3 is 4.98 Å². The molecule has 0 bridgehead atoms. The van der Waals surface area contributed by atoms with Gasteiger partial charge in [0.15, 0.2) is 5.65 Å². The van der Waals surface area contributed by atoms with Crippen molar-refractivity contribution in [1.29, 1.82) is 0 Å². The first-order valence-electron chi connectivity index (χ1n) is 3.23. The van der Waals surface area contributed by atoms with Gasteiger partial charge in [0.25, 0.3) is 0 Å². The fraction of sp³-hybridized carbons (Fsp3) is 0.143. The van der Waals surface area contributed by atoms with Crippen LogP contribution in [0.4, 0.5) is 0 Å². The highest BCUT2D eigenvalue weighted by Crippen LogP contribution is 2.15. The lowest BCUT2D eigenvalue weighted by atomic mass is 10.3. The Balaban J connectivity index is 2.91. The van der Waals surface area contributed by atoms with E-state index in [0.717, 1.165) is 11.1 Å². The lowest BCUT2D eigenvalue weighted by Gasteiger charge is -1.93. The van der Waals surface area contributed by atoms with Crippen LogP contribution in [-0.2, 0) is 0 Å². The molecule has 56 valence electrons. The third-order valence-electron chi connectivity index (χ3n) is 1.56. The van der Waals surface area contributed by atoms with Crippen LogP contribution in [-0.4, -0.2) is 15.0 Å². The molecule has 2 rings (SSSR count). The van der Waals surface area contributed by atoms with Gasteiger partial charge >= 0.3 is 0 Å². The smallest absolute Gasteiger partial charge is 0.179 e. The van der Waals surface area contributed by atoms with Gasteiger partial charge in [0, 0.05) is 0 Å². The molecular formula is C7H6ClN3. The van der Waals surface area contributed by atoms with Crippen LogP contribution in [0, 0.1) is 6.92 Å². The second-order valence-electron chi connectivity index (χ2n) is 2.36. The third-order valence-corrected chi connectivity index (χ3v) is 1.76. The maximum Gasteiger partial charge on any atom is 0.179 e. The van der Waals surface area contributed by atoms with Crippen molar-refractivity contribution in [3.63, 3.8) is 0 Å². The summed E-state index contributed by atoms with van der Waals surface area (Å²) >= 11 is 5.72. The van der Waals surface area contributed by atoms with Crippen molar-refractivity contribution in [3.05, 3.63) is 23.1 Å². The van der Waals surface area contributed by atoms with Crippen LogP contribution in [0.2, 0.25) is 5.15 Å². The van der Waals surface area contributed by atoms with Crippen molar-refractivity contribution in [2.75, 3.05) is 0 Å². The Hall–Kier alpha value is -1.09. The maximum atomic E-state index is 5.72. The molecule has 0 aliphatic carbocycles. The van der Waals surface area contributed by atoms with Crippen molar-refractivity contribution in [2.24, 2.45) is 0 Å². The molecule has 0 fully saturated rings. The van der Waals surface area contributed by atoms with Crippen LogP contribution >= 0.6 is 11.6 Å². The van der Waals surface area contributed by atoms with Crippen molar-refractivity contribution in [3.8, 4) is 0 Å². The molecule has 0 saturated heterocycles. The Labute approximate surface area is 68.4 Å². The fourth-order valence-electron chi connectivity index (χ4n) is 1.05. The van der Waals surface area contributed by atoms with E-state index >= 15 is 0 Å². The number of aromatic amines is 1. The van der Waals surface area contributed by atoms with Gasteiger partial charge in [0.1, 0.15) is 5.15 Å². The molecule has 2 aromatic heterocycles. The average Bonchev–Trinajstić information content (AvgIpc) is 2.34. The second-order valence-corrected chi connectivity index (χ2v) is 2.75. The number of rotatable bonds is 0. The summed E-state index contributed by atoms with van der Waals surface area (Å²) in [5.74, 6) is 0. The third kappa shape index (κ3) is 0.973. The molecule has 0 aromatic carbocycles. The molecule has 0 unspecified atom stereocenters. The number of imidazole rings is 1. The second kappa shape index (κ2) is 2.20.